The fourth-order valence-electron chi connectivity index (χ4n) is 2.15. The van der Waals surface area contributed by atoms with E-state index >= 15 is 0 Å². The van der Waals surface area contributed by atoms with Crippen molar-refractivity contribution < 1.29 is 0 Å². The molecule has 0 saturated heterocycles. The van der Waals surface area contributed by atoms with Gasteiger partial charge in [-0.25, -0.2) is 4.98 Å². The highest BCUT2D eigenvalue weighted by Crippen LogP contribution is 2.17. The van der Waals surface area contributed by atoms with E-state index in [1.165, 1.54) is 5.52 Å². The number of fused-ring (bicyclic) bond motifs is 1. The minimum Gasteiger partial charge on any atom is -0.331 e. The summed E-state index contributed by atoms with van der Waals surface area (Å²) in [5, 5.41) is 4.08. The van der Waals surface area contributed by atoms with Crippen LogP contribution in [0.25, 0.3) is 11.0 Å². The number of aryl methyl sites for hydroxylation is 1. The van der Waals surface area contributed by atoms with Gasteiger partial charge in [-0.2, -0.15) is 11.8 Å². The highest BCUT2D eigenvalue weighted by atomic mass is 32.2. The van der Waals surface area contributed by atoms with Gasteiger partial charge in [-0.3, -0.25) is 0 Å². The number of para-hydroxylation sites is 2. The monoisotopic (exact) mass is 277 g/mol. The summed E-state index contributed by atoms with van der Waals surface area (Å²) >= 11 is 2.00. The molecule has 1 N–H and O–H groups in total. The van der Waals surface area contributed by atoms with Crippen molar-refractivity contribution in [2.24, 2.45) is 7.05 Å². The van der Waals surface area contributed by atoms with Crippen LogP contribution in [-0.2, 0) is 13.5 Å². The Balaban J connectivity index is 2.13. The number of thioether (sulfide) groups is 1. The summed E-state index contributed by atoms with van der Waals surface area (Å²) in [4.78, 5) is 4.74. The molecule has 0 radical (unpaired) electrons. The van der Waals surface area contributed by atoms with Gasteiger partial charge in [0.1, 0.15) is 5.82 Å². The van der Waals surface area contributed by atoms with Crippen LogP contribution in [0.4, 0.5) is 0 Å². The molecule has 1 aromatic heterocycles. The van der Waals surface area contributed by atoms with Gasteiger partial charge in [-0.1, -0.05) is 26.0 Å². The maximum absolute atomic E-state index is 4.74. The van der Waals surface area contributed by atoms with E-state index in [-0.39, 0.29) is 0 Å². The number of aromatic nitrogens is 2. The highest BCUT2D eigenvalue weighted by Gasteiger charge is 2.13. The summed E-state index contributed by atoms with van der Waals surface area (Å²) < 4.78 is 2.21. The molecule has 3 nitrogen and oxygen atoms in total. The van der Waals surface area contributed by atoms with Gasteiger partial charge in [0, 0.05) is 25.3 Å². The van der Waals surface area contributed by atoms with Gasteiger partial charge in [0.2, 0.25) is 0 Å². The predicted molar refractivity (Wildman–Crippen MR) is 84.9 cm³/mol. The quantitative estimate of drug-likeness (QED) is 0.880. The molecular formula is C15H23N3S. The van der Waals surface area contributed by atoms with Crippen molar-refractivity contribution in [3.8, 4) is 0 Å². The molecular weight excluding hydrogens is 254 g/mol. The fraction of sp³-hybridized carbons (Fsp3) is 0.533. The van der Waals surface area contributed by atoms with Crippen LogP contribution in [0.1, 0.15) is 19.7 Å². The molecule has 19 heavy (non-hydrogen) atoms. The van der Waals surface area contributed by atoms with Crippen LogP contribution < -0.4 is 5.32 Å². The Morgan fingerprint density at radius 1 is 1.32 bits per heavy atom. The third-order valence-electron chi connectivity index (χ3n) is 3.35. The first-order valence-corrected chi connectivity index (χ1v) is 7.86. The zero-order valence-electron chi connectivity index (χ0n) is 12.2. The van der Waals surface area contributed by atoms with Gasteiger partial charge < -0.3 is 9.88 Å². The van der Waals surface area contributed by atoms with Gasteiger partial charge >= 0.3 is 0 Å². The van der Waals surface area contributed by atoms with E-state index in [1.807, 2.05) is 24.9 Å². The molecule has 4 heteroatoms. The Morgan fingerprint density at radius 2 is 2.05 bits per heavy atom. The molecule has 1 heterocycles. The molecule has 2 rings (SSSR count). The average molecular weight is 277 g/mol. The van der Waals surface area contributed by atoms with Crippen molar-refractivity contribution in [3.05, 3.63) is 30.1 Å². The van der Waals surface area contributed by atoms with Crippen molar-refractivity contribution in [2.75, 3.05) is 12.8 Å². The number of imidazole rings is 1. The van der Waals surface area contributed by atoms with E-state index in [2.05, 4.69) is 49.0 Å². The van der Waals surface area contributed by atoms with Gasteiger partial charge in [0.05, 0.1) is 11.0 Å². The Kier molecular flexibility index (Phi) is 4.88. The molecule has 1 atom stereocenters. The van der Waals surface area contributed by atoms with E-state index in [0.29, 0.717) is 11.3 Å². The molecule has 0 aliphatic heterocycles. The first-order chi connectivity index (χ1) is 9.11. The van der Waals surface area contributed by atoms with Crippen LogP contribution >= 0.6 is 11.8 Å². The van der Waals surface area contributed by atoms with Crippen molar-refractivity contribution in [2.45, 2.75) is 31.6 Å². The van der Waals surface area contributed by atoms with E-state index in [1.54, 1.807) is 0 Å². The zero-order valence-corrected chi connectivity index (χ0v) is 13.0. The maximum atomic E-state index is 4.74. The first kappa shape index (κ1) is 14.4. The Labute approximate surface area is 119 Å². The summed E-state index contributed by atoms with van der Waals surface area (Å²) in [7, 11) is 4.14. The van der Waals surface area contributed by atoms with Crippen LogP contribution in [0.15, 0.2) is 24.3 Å². The largest absolute Gasteiger partial charge is 0.331 e. The molecule has 2 aromatic rings. The van der Waals surface area contributed by atoms with E-state index in [4.69, 9.17) is 4.98 Å². The SMILES string of the molecule is CNC(CSC(C)C)Cc1nc2ccccc2n1C. The van der Waals surface area contributed by atoms with Gasteiger partial charge in [0.15, 0.2) is 0 Å². The highest BCUT2D eigenvalue weighted by molar-refractivity contribution is 7.99. The average Bonchev–Trinajstić information content (AvgIpc) is 2.71. The number of hydrogen-bond donors (Lipinski definition) is 1. The molecule has 0 aliphatic rings. The lowest BCUT2D eigenvalue weighted by Crippen LogP contribution is -2.31. The Morgan fingerprint density at radius 3 is 2.68 bits per heavy atom. The van der Waals surface area contributed by atoms with E-state index in [0.717, 1.165) is 23.5 Å². The molecule has 0 spiro atoms. The molecule has 0 bridgehead atoms. The summed E-state index contributed by atoms with van der Waals surface area (Å²) in [5.41, 5.74) is 2.30. The summed E-state index contributed by atoms with van der Waals surface area (Å²) in [5.74, 6) is 2.28. The summed E-state index contributed by atoms with van der Waals surface area (Å²) in [6.07, 6.45) is 0.974. The standard InChI is InChI=1S/C15H23N3S/c1-11(2)19-10-12(16-3)9-15-17-13-7-5-6-8-14(13)18(15)4/h5-8,11-12,16H,9-10H2,1-4H3. The number of benzene rings is 1. The lowest BCUT2D eigenvalue weighted by Gasteiger charge is -2.16. The third kappa shape index (κ3) is 3.51. The maximum Gasteiger partial charge on any atom is 0.111 e. The van der Waals surface area contributed by atoms with Crippen molar-refractivity contribution >= 4 is 22.8 Å². The van der Waals surface area contributed by atoms with Gasteiger partial charge in [-0.05, 0) is 24.4 Å². The summed E-state index contributed by atoms with van der Waals surface area (Å²) in [6, 6.07) is 8.79. The van der Waals surface area contributed by atoms with Gasteiger partial charge in [0.25, 0.3) is 0 Å². The van der Waals surface area contributed by atoms with Crippen LogP contribution in [0.5, 0.6) is 0 Å². The minimum absolute atomic E-state index is 0.475. The molecule has 0 aliphatic carbocycles. The number of nitrogens with zero attached hydrogens (tertiary/aromatic N) is 2. The van der Waals surface area contributed by atoms with Crippen LogP contribution in [0.3, 0.4) is 0 Å². The number of rotatable bonds is 6. The van der Waals surface area contributed by atoms with E-state index in [9.17, 15) is 0 Å². The van der Waals surface area contributed by atoms with Crippen LogP contribution in [0.2, 0.25) is 0 Å². The molecule has 1 unspecified atom stereocenters. The molecule has 104 valence electrons. The molecule has 0 fully saturated rings. The van der Waals surface area contributed by atoms with Gasteiger partial charge in [-0.15, -0.1) is 0 Å². The number of hydrogen-bond acceptors (Lipinski definition) is 3. The lowest BCUT2D eigenvalue weighted by atomic mass is 10.2. The zero-order chi connectivity index (χ0) is 13.8. The Hall–Kier alpha value is -1.00. The number of likely N-dealkylation sites (N-methyl/N-ethyl adjacent to an activating group) is 1. The Bertz CT molecular complexity index is 533. The molecule has 1 aromatic carbocycles. The minimum atomic E-state index is 0.475. The fourth-order valence-corrected chi connectivity index (χ4v) is 3.05. The first-order valence-electron chi connectivity index (χ1n) is 6.81. The topological polar surface area (TPSA) is 29.9 Å². The third-order valence-corrected chi connectivity index (χ3v) is 4.61. The van der Waals surface area contributed by atoms with Crippen LogP contribution in [0, 0.1) is 0 Å². The van der Waals surface area contributed by atoms with E-state index < -0.39 is 0 Å². The molecule has 0 amide bonds. The second kappa shape index (κ2) is 6.44. The smallest absolute Gasteiger partial charge is 0.111 e. The van der Waals surface area contributed by atoms with Crippen molar-refractivity contribution in [1.29, 1.82) is 0 Å². The number of nitrogens with one attached hydrogen (secondary N) is 1. The predicted octanol–water partition coefficient (Wildman–Crippen LogP) is 2.85. The van der Waals surface area contributed by atoms with Crippen LogP contribution in [-0.4, -0.2) is 33.6 Å². The van der Waals surface area contributed by atoms with Crippen molar-refractivity contribution in [3.63, 3.8) is 0 Å². The summed E-state index contributed by atoms with van der Waals surface area (Å²) in [6.45, 7) is 4.49. The second-order valence-corrected chi connectivity index (χ2v) is 6.76. The van der Waals surface area contributed by atoms with Crippen molar-refractivity contribution in [1.82, 2.24) is 14.9 Å². The normalized spacial score (nSPS) is 13.3. The lowest BCUT2D eigenvalue weighted by molar-refractivity contribution is 0.588. The molecule has 0 saturated carbocycles. The second-order valence-electron chi connectivity index (χ2n) is 5.15.